The van der Waals surface area contributed by atoms with Gasteiger partial charge in [0.1, 0.15) is 5.54 Å². The highest BCUT2D eigenvalue weighted by Crippen LogP contribution is 2.35. The molecule has 0 saturated heterocycles. The van der Waals surface area contributed by atoms with Gasteiger partial charge in [0.05, 0.1) is 12.7 Å². The molecule has 0 aliphatic heterocycles. The van der Waals surface area contributed by atoms with E-state index in [1.54, 1.807) is 7.11 Å². The van der Waals surface area contributed by atoms with Crippen LogP contribution in [-0.4, -0.2) is 43.3 Å². The summed E-state index contributed by atoms with van der Waals surface area (Å²) in [6.45, 7) is 7.06. The third-order valence-electron chi connectivity index (χ3n) is 4.38. The Labute approximate surface area is 117 Å². The molecule has 110 valence electrons. The Morgan fingerprint density at radius 2 is 2.16 bits per heavy atom. The summed E-state index contributed by atoms with van der Waals surface area (Å²) in [6.07, 6.45) is 5.20. The maximum atomic E-state index is 9.09. The van der Waals surface area contributed by atoms with E-state index < -0.39 is 5.54 Å². The fourth-order valence-electron chi connectivity index (χ4n) is 2.51. The van der Waals surface area contributed by atoms with Crippen molar-refractivity contribution < 1.29 is 4.74 Å². The number of nitrogens with two attached hydrogens (primary N) is 1. The van der Waals surface area contributed by atoms with Gasteiger partial charge in [-0.2, -0.15) is 5.26 Å². The highest BCUT2D eigenvalue weighted by atomic mass is 16.5. The highest BCUT2D eigenvalue weighted by Gasteiger charge is 2.32. The number of rotatable bonds is 10. The average Bonchev–Trinajstić information content (AvgIpc) is 3.26. The molecule has 1 aliphatic rings. The Kier molecular flexibility index (Phi) is 6.78. The van der Waals surface area contributed by atoms with Gasteiger partial charge in [0.25, 0.3) is 0 Å². The molecule has 0 aromatic carbocycles. The Hall–Kier alpha value is -0.630. The lowest BCUT2D eigenvalue weighted by atomic mass is 9.93. The minimum absolute atomic E-state index is 0.631. The SMILES string of the molecule is CCC(N)(C#N)CCCN(CCOC)C(C)C1CC1. The Morgan fingerprint density at radius 1 is 1.47 bits per heavy atom. The molecule has 0 heterocycles. The lowest BCUT2D eigenvalue weighted by Gasteiger charge is -2.30. The van der Waals surface area contributed by atoms with Crippen molar-refractivity contribution in [2.45, 2.75) is 57.5 Å². The topological polar surface area (TPSA) is 62.3 Å². The predicted octanol–water partition coefficient (Wildman–Crippen LogP) is 2.14. The van der Waals surface area contributed by atoms with Gasteiger partial charge in [-0.25, -0.2) is 0 Å². The molecule has 0 amide bonds. The summed E-state index contributed by atoms with van der Waals surface area (Å²) in [4.78, 5) is 2.49. The Bertz CT molecular complexity index is 298. The van der Waals surface area contributed by atoms with Crippen LogP contribution in [-0.2, 0) is 4.74 Å². The van der Waals surface area contributed by atoms with E-state index in [9.17, 15) is 0 Å². The van der Waals surface area contributed by atoms with Crippen molar-refractivity contribution in [2.75, 3.05) is 26.8 Å². The van der Waals surface area contributed by atoms with Crippen LogP contribution < -0.4 is 5.73 Å². The van der Waals surface area contributed by atoms with Crippen molar-refractivity contribution in [3.63, 3.8) is 0 Å². The van der Waals surface area contributed by atoms with Crippen molar-refractivity contribution >= 4 is 0 Å². The third-order valence-corrected chi connectivity index (χ3v) is 4.38. The molecule has 4 nitrogen and oxygen atoms in total. The highest BCUT2D eigenvalue weighted by molar-refractivity contribution is 5.03. The number of nitriles is 1. The first-order chi connectivity index (χ1) is 9.06. The van der Waals surface area contributed by atoms with Crippen LogP contribution in [0.15, 0.2) is 0 Å². The Balaban J connectivity index is 2.37. The summed E-state index contributed by atoms with van der Waals surface area (Å²) in [5.74, 6) is 0.863. The standard InChI is InChI=1S/C15H29N3O/c1-4-15(17,12-16)8-5-9-18(10-11-19-3)13(2)14-6-7-14/h13-14H,4-11,17H2,1-3H3. The molecule has 19 heavy (non-hydrogen) atoms. The maximum Gasteiger partial charge on any atom is 0.104 e. The third kappa shape index (κ3) is 5.48. The van der Waals surface area contributed by atoms with Gasteiger partial charge < -0.3 is 10.5 Å². The summed E-state index contributed by atoms with van der Waals surface area (Å²) in [5, 5.41) is 9.09. The minimum Gasteiger partial charge on any atom is -0.383 e. The molecule has 1 aliphatic carbocycles. The zero-order chi connectivity index (χ0) is 14.3. The van der Waals surface area contributed by atoms with E-state index in [1.165, 1.54) is 12.8 Å². The first-order valence-corrected chi connectivity index (χ1v) is 7.49. The molecular weight excluding hydrogens is 238 g/mol. The van der Waals surface area contributed by atoms with Gasteiger partial charge in [-0.05, 0) is 51.5 Å². The molecule has 0 radical (unpaired) electrons. The minimum atomic E-state index is -0.643. The van der Waals surface area contributed by atoms with Crippen LogP contribution in [0.2, 0.25) is 0 Å². The van der Waals surface area contributed by atoms with Crippen molar-refractivity contribution in [2.24, 2.45) is 11.7 Å². The second-order valence-corrected chi connectivity index (χ2v) is 5.83. The average molecular weight is 267 g/mol. The summed E-state index contributed by atoms with van der Waals surface area (Å²) in [6, 6.07) is 2.87. The Morgan fingerprint density at radius 3 is 2.63 bits per heavy atom. The smallest absolute Gasteiger partial charge is 0.104 e. The number of methoxy groups -OCH3 is 1. The molecule has 2 N–H and O–H groups in total. The predicted molar refractivity (Wildman–Crippen MR) is 77.7 cm³/mol. The maximum absolute atomic E-state index is 9.09. The molecular formula is C15H29N3O. The number of hydrogen-bond donors (Lipinski definition) is 1. The molecule has 1 rings (SSSR count). The summed E-state index contributed by atoms with van der Waals surface area (Å²) in [7, 11) is 1.75. The molecule has 2 atom stereocenters. The van der Waals surface area contributed by atoms with Gasteiger partial charge in [0.2, 0.25) is 0 Å². The molecule has 0 bridgehead atoms. The van der Waals surface area contributed by atoms with Gasteiger partial charge in [-0.15, -0.1) is 0 Å². The normalized spacial score (nSPS) is 20.0. The summed E-state index contributed by atoms with van der Waals surface area (Å²) < 4.78 is 5.19. The van der Waals surface area contributed by atoms with E-state index in [0.29, 0.717) is 6.04 Å². The zero-order valence-corrected chi connectivity index (χ0v) is 12.7. The van der Waals surface area contributed by atoms with Gasteiger partial charge in [-0.1, -0.05) is 6.92 Å². The second kappa shape index (κ2) is 7.84. The van der Waals surface area contributed by atoms with Crippen LogP contribution in [0.3, 0.4) is 0 Å². The van der Waals surface area contributed by atoms with Crippen LogP contribution in [0, 0.1) is 17.2 Å². The first-order valence-electron chi connectivity index (χ1n) is 7.49. The van der Waals surface area contributed by atoms with Crippen molar-refractivity contribution in [3.05, 3.63) is 0 Å². The van der Waals surface area contributed by atoms with E-state index >= 15 is 0 Å². The fraction of sp³-hybridized carbons (Fsp3) is 0.933. The van der Waals surface area contributed by atoms with Crippen LogP contribution >= 0.6 is 0 Å². The van der Waals surface area contributed by atoms with Gasteiger partial charge in [0.15, 0.2) is 0 Å². The summed E-state index contributed by atoms with van der Waals surface area (Å²) >= 11 is 0. The monoisotopic (exact) mass is 267 g/mol. The quantitative estimate of drug-likeness (QED) is 0.659. The van der Waals surface area contributed by atoms with E-state index in [-0.39, 0.29) is 0 Å². The van der Waals surface area contributed by atoms with E-state index in [1.807, 2.05) is 6.92 Å². The lowest BCUT2D eigenvalue weighted by molar-refractivity contribution is 0.114. The van der Waals surface area contributed by atoms with Gasteiger partial charge >= 0.3 is 0 Å². The van der Waals surface area contributed by atoms with E-state index in [4.69, 9.17) is 15.7 Å². The molecule has 0 aromatic heterocycles. The van der Waals surface area contributed by atoms with Crippen LogP contribution in [0.5, 0.6) is 0 Å². The number of nitrogens with zero attached hydrogens (tertiary/aromatic N) is 2. The number of ether oxygens (including phenoxy) is 1. The fourth-order valence-corrected chi connectivity index (χ4v) is 2.51. The molecule has 0 aromatic rings. The van der Waals surface area contributed by atoms with Crippen molar-refractivity contribution in [1.29, 1.82) is 5.26 Å². The van der Waals surface area contributed by atoms with E-state index in [0.717, 1.165) is 44.9 Å². The van der Waals surface area contributed by atoms with Gasteiger partial charge in [-0.3, -0.25) is 4.90 Å². The van der Waals surface area contributed by atoms with Crippen LogP contribution in [0.4, 0.5) is 0 Å². The lowest BCUT2D eigenvalue weighted by Crippen LogP contribution is -2.41. The van der Waals surface area contributed by atoms with Crippen LogP contribution in [0.25, 0.3) is 0 Å². The van der Waals surface area contributed by atoms with Crippen molar-refractivity contribution in [1.82, 2.24) is 4.90 Å². The largest absolute Gasteiger partial charge is 0.383 e. The molecule has 2 unspecified atom stereocenters. The second-order valence-electron chi connectivity index (χ2n) is 5.83. The molecule has 4 heteroatoms. The summed E-state index contributed by atoms with van der Waals surface area (Å²) in [5.41, 5.74) is 5.38. The van der Waals surface area contributed by atoms with E-state index in [2.05, 4.69) is 17.9 Å². The van der Waals surface area contributed by atoms with Crippen LogP contribution in [0.1, 0.15) is 46.0 Å². The molecule has 0 spiro atoms. The first kappa shape index (κ1) is 16.4. The zero-order valence-electron chi connectivity index (χ0n) is 12.7. The number of hydrogen-bond acceptors (Lipinski definition) is 4. The molecule has 1 fully saturated rings. The van der Waals surface area contributed by atoms with Crippen molar-refractivity contribution in [3.8, 4) is 6.07 Å². The van der Waals surface area contributed by atoms with Gasteiger partial charge in [0, 0.05) is 19.7 Å². The molecule has 1 saturated carbocycles.